The Morgan fingerprint density at radius 2 is 2.09 bits per heavy atom. The molecule has 0 radical (unpaired) electrons. The van der Waals surface area contributed by atoms with Crippen LogP contribution in [-0.2, 0) is 16.6 Å². The Morgan fingerprint density at radius 1 is 1.28 bits per heavy atom. The highest BCUT2D eigenvalue weighted by molar-refractivity contribution is 5.94. The number of rotatable bonds is 6. The molecule has 0 spiro atoms. The van der Waals surface area contributed by atoms with E-state index in [1.165, 1.54) is 0 Å². The fourth-order valence-electron chi connectivity index (χ4n) is 5.13. The molecule has 4 atom stereocenters. The van der Waals surface area contributed by atoms with Gasteiger partial charge in [0.1, 0.15) is 6.10 Å². The largest absolute Gasteiger partial charge is 0.446 e. The summed E-state index contributed by atoms with van der Waals surface area (Å²) in [7, 11) is 1.92. The number of ether oxygens (including phenoxy) is 1. The zero-order valence-corrected chi connectivity index (χ0v) is 19.0. The van der Waals surface area contributed by atoms with E-state index in [9.17, 15) is 9.59 Å². The van der Waals surface area contributed by atoms with Crippen LogP contribution in [0.25, 0.3) is 0 Å². The maximum atomic E-state index is 12.7. The Hall–Kier alpha value is -2.84. The first kappa shape index (κ1) is 21.0. The smallest absolute Gasteiger partial charge is 0.407 e. The van der Waals surface area contributed by atoms with Crippen LogP contribution in [-0.4, -0.2) is 43.6 Å². The fraction of sp³-hybridized carbons (Fsp3) is 0.652. The van der Waals surface area contributed by atoms with Gasteiger partial charge in [-0.1, -0.05) is 0 Å². The van der Waals surface area contributed by atoms with Gasteiger partial charge in [0.25, 0.3) is 0 Å². The third-order valence-electron chi connectivity index (χ3n) is 7.61. The zero-order valence-electron chi connectivity index (χ0n) is 19.0. The van der Waals surface area contributed by atoms with Crippen molar-refractivity contribution in [1.82, 2.24) is 25.3 Å². The minimum atomic E-state index is -0.307. The number of alkyl carbamates (subject to hydrolysis) is 1. The SMILES string of the molecule is Cc1c([C@@H]2C[C@H]2C(=O)Nc2cc([C@H]3CC[C@@H](OC(=O)NC4(C)CCC4)C3)[nH]n2)cnn1C. The Kier molecular flexibility index (Phi) is 5.22. The van der Waals surface area contributed by atoms with Crippen LogP contribution in [0.2, 0.25) is 0 Å². The lowest BCUT2D eigenvalue weighted by molar-refractivity contribution is -0.117. The van der Waals surface area contributed by atoms with Crippen molar-refractivity contribution in [3.05, 3.63) is 29.2 Å². The quantitative estimate of drug-likeness (QED) is 0.636. The average molecular weight is 441 g/mol. The number of carbonyl (C=O) groups is 2. The normalized spacial score (nSPS) is 28.1. The molecule has 3 aliphatic rings. The number of nitrogens with zero attached hydrogens (tertiary/aromatic N) is 3. The van der Waals surface area contributed by atoms with E-state index in [2.05, 4.69) is 32.9 Å². The Morgan fingerprint density at radius 3 is 2.78 bits per heavy atom. The van der Waals surface area contributed by atoms with Gasteiger partial charge in [-0.25, -0.2) is 4.79 Å². The van der Waals surface area contributed by atoms with E-state index in [0.717, 1.165) is 61.9 Å². The minimum Gasteiger partial charge on any atom is -0.446 e. The summed E-state index contributed by atoms with van der Waals surface area (Å²) in [4.78, 5) is 24.9. The van der Waals surface area contributed by atoms with Crippen molar-refractivity contribution in [1.29, 1.82) is 0 Å². The van der Waals surface area contributed by atoms with Crippen molar-refractivity contribution in [2.24, 2.45) is 13.0 Å². The topological polar surface area (TPSA) is 114 Å². The van der Waals surface area contributed by atoms with Crippen LogP contribution in [0.3, 0.4) is 0 Å². The molecular weight excluding hydrogens is 408 g/mol. The summed E-state index contributed by atoms with van der Waals surface area (Å²) >= 11 is 0. The standard InChI is InChI=1S/C23H32N6O3/c1-13-18(12-24-29(13)3)16-10-17(16)21(30)25-20-11-19(27-28-20)14-5-6-15(9-14)32-22(31)26-23(2)7-4-8-23/h11-12,14-17H,4-10H2,1-3H3,(H,26,31)(H2,25,27,28,30)/t14-,15+,16+,17+/m0/s1. The molecule has 5 rings (SSSR count). The van der Waals surface area contributed by atoms with Crippen molar-refractivity contribution in [2.75, 3.05) is 5.32 Å². The number of hydrogen-bond donors (Lipinski definition) is 3. The lowest BCUT2D eigenvalue weighted by Gasteiger charge is -2.38. The number of carbonyl (C=O) groups excluding carboxylic acids is 2. The number of anilines is 1. The van der Waals surface area contributed by atoms with Crippen LogP contribution >= 0.6 is 0 Å². The number of hydrogen-bond acceptors (Lipinski definition) is 5. The van der Waals surface area contributed by atoms with E-state index in [-0.39, 0.29) is 41.4 Å². The predicted octanol–water partition coefficient (Wildman–Crippen LogP) is 3.50. The van der Waals surface area contributed by atoms with Gasteiger partial charge in [0.2, 0.25) is 5.91 Å². The third-order valence-corrected chi connectivity index (χ3v) is 7.61. The van der Waals surface area contributed by atoms with Gasteiger partial charge >= 0.3 is 6.09 Å². The van der Waals surface area contributed by atoms with Gasteiger partial charge in [0.05, 0.1) is 6.20 Å². The molecule has 3 fully saturated rings. The second-order valence-electron chi connectivity index (χ2n) is 10.0. The van der Waals surface area contributed by atoms with Gasteiger partial charge in [0, 0.05) is 41.9 Å². The van der Waals surface area contributed by atoms with E-state index < -0.39 is 0 Å². The number of H-pyrrole nitrogens is 1. The van der Waals surface area contributed by atoms with Crippen LogP contribution in [0, 0.1) is 12.8 Å². The predicted molar refractivity (Wildman–Crippen MR) is 118 cm³/mol. The monoisotopic (exact) mass is 440 g/mol. The average Bonchev–Trinajstić information content (AvgIpc) is 3.00. The van der Waals surface area contributed by atoms with Crippen LogP contribution in [0.4, 0.5) is 10.6 Å². The lowest BCUT2D eigenvalue weighted by atomic mass is 9.79. The van der Waals surface area contributed by atoms with Gasteiger partial charge in [-0.3, -0.25) is 14.6 Å². The summed E-state index contributed by atoms with van der Waals surface area (Å²) in [6, 6.07) is 1.91. The van der Waals surface area contributed by atoms with Crippen molar-refractivity contribution in [3.8, 4) is 0 Å². The molecule has 0 bridgehead atoms. The molecule has 3 aliphatic carbocycles. The molecule has 3 saturated carbocycles. The number of nitrogens with one attached hydrogen (secondary N) is 3. The lowest BCUT2D eigenvalue weighted by Crippen LogP contribution is -2.51. The van der Waals surface area contributed by atoms with E-state index >= 15 is 0 Å². The van der Waals surface area contributed by atoms with Gasteiger partial charge < -0.3 is 15.4 Å². The Labute approximate surface area is 187 Å². The summed E-state index contributed by atoms with van der Waals surface area (Å²) in [6.07, 6.45) is 8.04. The first-order valence-electron chi connectivity index (χ1n) is 11.6. The zero-order chi connectivity index (χ0) is 22.5. The molecule has 2 aromatic heterocycles. The molecule has 172 valence electrons. The highest BCUT2D eigenvalue weighted by Gasteiger charge is 2.45. The summed E-state index contributed by atoms with van der Waals surface area (Å²) in [6.45, 7) is 4.10. The first-order valence-corrected chi connectivity index (χ1v) is 11.6. The molecule has 0 unspecified atom stereocenters. The van der Waals surface area contributed by atoms with Crippen LogP contribution < -0.4 is 10.6 Å². The number of aromatic nitrogens is 4. The second kappa shape index (κ2) is 7.94. The van der Waals surface area contributed by atoms with Crippen molar-refractivity contribution in [3.63, 3.8) is 0 Å². The molecule has 3 N–H and O–H groups in total. The molecule has 9 nitrogen and oxygen atoms in total. The summed E-state index contributed by atoms with van der Waals surface area (Å²) < 4.78 is 7.50. The van der Waals surface area contributed by atoms with E-state index in [1.54, 1.807) is 0 Å². The first-order chi connectivity index (χ1) is 15.3. The van der Waals surface area contributed by atoms with Crippen LogP contribution in [0.1, 0.15) is 80.7 Å². The van der Waals surface area contributed by atoms with Crippen molar-refractivity contribution < 1.29 is 14.3 Å². The fourth-order valence-corrected chi connectivity index (χ4v) is 5.13. The molecule has 0 aromatic carbocycles. The maximum Gasteiger partial charge on any atom is 0.407 e. The molecular formula is C23H32N6O3. The Balaban J connectivity index is 1.11. The minimum absolute atomic E-state index is 0.00472. The van der Waals surface area contributed by atoms with E-state index in [0.29, 0.717) is 5.82 Å². The van der Waals surface area contributed by atoms with Gasteiger partial charge in [-0.05, 0) is 70.3 Å². The highest BCUT2D eigenvalue weighted by Crippen LogP contribution is 2.49. The molecule has 2 heterocycles. The summed E-state index contributed by atoms with van der Waals surface area (Å²) in [5, 5.41) is 17.6. The van der Waals surface area contributed by atoms with Gasteiger partial charge in [-0.15, -0.1) is 0 Å². The van der Waals surface area contributed by atoms with Gasteiger partial charge in [-0.2, -0.15) is 10.2 Å². The second-order valence-corrected chi connectivity index (χ2v) is 10.0. The van der Waals surface area contributed by atoms with Crippen molar-refractivity contribution >= 4 is 17.8 Å². The van der Waals surface area contributed by atoms with Gasteiger partial charge in [0.15, 0.2) is 5.82 Å². The summed E-state index contributed by atoms with van der Waals surface area (Å²) in [5.41, 5.74) is 3.15. The maximum absolute atomic E-state index is 12.7. The molecule has 0 aliphatic heterocycles. The number of amides is 2. The molecule has 2 aromatic rings. The Bertz CT molecular complexity index is 1020. The number of aromatic amines is 1. The number of aryl methyl sites for hydroxylation is 1. The van der Waals surface area contributed by atoms with E-state index in [4.69, 9.17) is 4.74 Å². The molecule has 0 saturated heterocycles. The molecule has 9 heteroatoms. The van der Waals surface area contributed by atoms with Crippen LogP contribution in [0.5, 0.6) is 0 Å². The molecule has 2 amide bonds. The van der Waals surface area contributed by atoms with E-state index in [1.807, 2.05) is 30.9 Å². The van der Waals surface area contributed by atoms with Crippen LogP contribution in [0.15, 0.2) is 12.3 Å². The third kappa shape index (κ3) is 4.12. The van der Waals surface area contributed by atoms with Crippen molar-refractivity contribution in [2.45, 2.75) is 82.3 Å². The highest BCUT2D eigenvalue weighted by atomic mass is 16.6. The summed E-state index contributed by atoms with van der Waals surface area (Å²) in [5.74, 6) is 1.02. The molecule has 32 heavy (non-hydrogen) atoms.